The third-order valence-corrected chi connectivity index (χ3v) is 2.18. The summed E-state index contributed by atoms with van der Waals surface area (Å²) in [6.45, 7) is 1.67. The number of esters is 1. The van der Waals surface area contributed by atoms with Crippen LogP contribution in [0.4, 0.5) is 4.39 Å². The zero-order valence-corrected chi connectivity index (χ0v) is 10.0. The van der Waals surface area contributed by atoms with Crippen molar-refractivity contribution in [2.24, 2.45) is 5.73 Å². The predicted molar refractivity (Wildman–Crippen MR) is 62.1 cm³/mol. The van der Waals surface area contributed by atoms with E-state index in [9.17, 15) is 9.18 Å². The van der Waals surface area contributed by atoms with Gasteiger partial charge in [-0.15, -0.1) is 12.4 Å². The van der Waals surface area contributed by atoms with Gasteiger partial charge < -0.3 is 10.5 Å². The molecule has 0 saturated heterocycles. The molecule has 0 amide bonds. The Kier molecular flexibility index (Phi) is 6.00. The molecule has 0 bridgehead atoms. The maximum atomic E-state index is 12.9. The van der Waals surface area contributed by atoms with Crippen molar-refractivity contribution in [2.45, 2.75) is 19.4 Å². The second-order valence-corrected chi connectivity index (χ2v) is 3.42. The quantitative estimate of drug-likeness (QED) is 0.826. The normalized spacial score (nSPS) is 11.5. The van der Waals surface area contributed by atoms with Gasteiger partial charge in [0, 0.05) is 0 Å². The van der Waals surface area contributed by atoms with Gasteiger partial charge in [0.15, 0.2) is 0 Å². The van der Waals surface area contributed by atoms with Crippen LogP contribution in [0.5, 0.6) is 0 Å². The third kappa shape index (κ3) is 3.79. The van der Waals surface area contributed by atoms with Crippen LogP contribution < -0.4 is 5.73 Å². The molecule has 3 nitrogen and oxygen atoms in total. The SMILES string of the molecule is COC(=O)C(N)Cc1ccc(F)c(C)c1.Cl. The highest BCUT2D eigenvalue weighted by Gasteiger charge is 2.14. The minimum absolute atomic E-state index is 0. The lowest BCUT2D eigenvalue weighted by Crippen LogP contribution is -2.33. The van der Waals surface area contributed by atoms with Gasteiger partial charge in [0.1, 0.15) is 11.9 Å². The fraction of sp³-hybridized carbons (Fsp3) is 0.364. The number of benzene rings is 1. The summed E-state index contributed by atoms with van der Waals surface area (Å²) in [5, 5.41) is 0. The highest BCUT2D eigenvalue weighted by Crippen LogP contribution is 2.10. The van der Waals surface area contributed by atoms with Crippen LogP contribution in [0.15, 0.2) is 18.2 Å². The molecule has 0 spiro atoms. The van der Waals surface area contributed by atoms with E-state index < -0.39 is 12.0 Å². The molecule has 1 aromatic rings. The molecule has 1 aromatic carbocycles. The van der Waals surface area contributed by atoms with E-state index in [0.717, 1.165) is 5.56 Å². The number of hydrogen-bond donors (Lipinski definition) is 1. The first kappa shape index (κ1) is 14.9. The molecule has 0 fully saturated rings. The van der Waals surface area contributed by atoms with Crippen molar-refractivity contribution in [1.29, 1.82) is 0 Å². The Hall–Kier alpha value is -1.13. The molecule has 16 heavy (non-hydrogen) atoms. The van der Waals surface area contributed by atoms with E-state index in [1.807, 2.05) is 0 Å². The molecule has 2 N–H and O–H groups in total. The van der Waals surface area contributed by atoms with Crippen molar-refractivity contribution in [3.05, 3.63) is 35.1 Å². The number of nitrogens with two attached hydrogens (primary N) is 1. The minimum Gasteiger partial charge on any atom is -0.468 e. The van der Waals surface area contributed by atoms with Gasteiger partial charge in [0.2, 0.25) is 0 Å². The molecule has 1 rings (SSSR count). The third-order valence-electron chi connectivity index (χ3n) is 2.18. The van der Waals surface area contributed by atoms with Crippen LogP contribution in [0.1, 0.15) is 11.1 Å². The van der Waals surface area contributed by atoms with Crippen LogP contribution in [-0.4, -0.2) is 19.1 Å². The first-order valence-electron chi connectivity index (χ1n) is 4.63. The monoisotopic (exact) mass is 247 g/mol. The Morgan fingerprint density at radius 3 is 2.69 bits per heavy atom. The number of methoxy groups -OCH3 is 1. The van der Waals surface area contributed by atoms with E-state index >= 15 is 0 Å². The van der Waals surface area contributed by atoms with Crippen molar-refractivity contribution in [1.82, 2.24) is 0 Å². The van der Waals surface area contributed by atoms with Gasteiger partial charge in [-0.1, -0.05) is 12.1 Å². The molecular weight excluding hydrogens is 233 g/mol. The fourth-order valence-electron chi connectivity index (χ4n) is 1.32. The van der Waals surface area contributed by atoms with E-state index in [1.54, 1.807) is 19.1 Å². The molecule has 1 atom stereocenters. The van der Waals surface area contributed by atoms with Gasteiger partial charge in [-0.3, -0.25) is 4.79 Å². The molecule has 0 aliphatic rings. The number of halogens is 2. The van der Waals surface area contributed by atoms with Gasteiger partial charge >= 0.3 is 5.97 Å². The molecule has 0 aromatic heterocycles. The zero-order chi connectivity index (χ0) is 11.4. The average molecular weight is 248 g/mol. The van der Waals surface area contributed by atoms with Crippen molar-refractivity contribution in [2.75, 3.05) is 7.11 Å². The van der Waals surface area contributed by atoms with Gasteiger partial charge in [-0.25, -0.2) is 4.39 Å². The standard InChI is InChI=1S/C11H14FNO2.ClH/c1-7-5-8(3-4-9(7)12)6-10(13)11(14)15-2;/h3-5,10H,6,13H2,1-2H3;1H. The number of carbonyl (C=O) groups excluding carboxylic acids is 1. The summed E-state index contributed by atoms with van der Waals surface area (Å²) in [4.78, 5) is 11.0. The highest BCUT2D eigenvalue weighted by atomic mass is 35.5. The van der Waals surface area contributed by atoms with E-state index in [2.05, 4.69) is 4.74 Å². The largest absolute Gasteiger partial charge is 0.468 e. The number of ether oxygens (including phenoxy) is 1. The van der Waals surface area contributed by atoms with Gasteiger partial charge in [0.05, 0.1) is 7.11 Å². The van der Waals surface area contributed by atoms with E-state index in [4.69, 9.17) is 5.73 Å². The lowest BCUT2D eigenvalue weighted by molar-refractivity contribution is -0.142. The molecular formula is C11H15ClFNO2. The zero-order valence-electron chi connectivity index (χ0n) is 9.20. The Balaban J connectivity index is 0.00000225. The van der Waals surface area contributed by atoms with Gasteiger partial charge in [0.25, 0.3) is 0 Å². The summed E-state index contributed by atoms with van der Waals surface area (Å²) >= 11 is 0. The van der Waals surface area contributed by atoms with Crippen LogP contribution >= 0.6 is 12.4 Å². The first-order valence-corrected chi connectivity index (χ1v) is 4.63. The predicted octanol–water partition coefficient (Wildman–Crippen LogP) is 1.60. The fourth-order valence-corrected chi connectivity index (χ4v) is 1.32. The van der Waals surface area contributed by atoms with Crippen LogP contribution in [0, 0.1) is 12.7 Å². The lowest BCUT2D eigenvalue weighted by atomic mass is 10.0. The van der Waals surface area contributed by atoms with Crippen LogP contribution in [0.25, 0.3) is 0 Å². The molecule has 0 saturated carbocycles. The second-order valence-electron chi connectivity index (χ2n) is 3.42. The molecule has 5 heteroatoms. The summed E-state index contributed by atoms with van der Waals surface area (Å²) in [5.41, 5.74) is 6.95. The Morgan fingerprint density at radius 1 is 1.56 bits per heavy atom. The van der Waals surface area contributed by atoms with Gasteiger partial charge in [-0.2, -0.15) is 0 Å². The summed E-state index contributed by atoms with van der Waals surface area (Å²) in [6, 6.07) is 3.97. The van der Waals surface area contributed by atoms with Crippen molar-refractivity contribution in [3.8, 4) is 0 Å². The van der Waals surface area contributed by atoms with Crippen molar-refractivity contribution < 1.29 is 13.9 Å². The van der Waals surface area contributed by atoms with Crippen molar-refractivity contribution >= 4 is 18.4 Å². The summed E-state index contributed by atoms with van der Waals surface area (Å²) in [6.07, 6.45) is 0.355. The number of carbonyl (C=O) groups is 1. The average Bonchev–Trinajstić information content (AvgIpc) is 2.22. The molecule has 90 valence electrons. The lowest BCUT2D eigenvalue weighted by Gasteiger charge is -2.09. The Morgan fingerprint density at radius 2 is 2.19 bits per heavy atom. The number of hydrogen-bond acceptors (Lipinski definition) is 3. The topological polar surface area (TPSA) is 52.3 Å². The van der Waals surface area contributed by atoms with E-state index in [0.29, 0.717) is 12.0 Å². The molecule has 0 aliphatic carbocycles. The smallest absolute Gasteiger partial charge is 0.322 e. The summed E-state index contributed by atoms with van der Waals surface area (Å²) in [7, 11) is 1.29. The Bertz CT molecular complexity index is 371. The molecule has 1 unspecified atom stereocenters. The first-order chi connectivity index (χ1) is 7.04. The maximum Gasteiger partial charge on any atom is 0.322 e. The van der Waals surface area contributed by atoms with E-state index in [1.165, 1.54) is 13.2 Å². The molecule has 0 radical (unpaired) electrons. The second kappa shape index (κ2) is 6.45. The molecule has 0 aliphatic heterocycles. The van der Waals surface area contributed by atoms with Crippen LogP contribution in [0.3, 0.4) is 0 Å². The Labute approximate surface area is 100 Å². The van der Waals surface area contributed by atoms with E-state index in [-0.39, 0.29) is 18.2 Å². The van der Waals surface area contributed by atoms with Crippen molar-refractivity contribution in [3.63, 3.8) is 0 Å². The minimum atomic E-state index is -0.695. The highest BCUT2D eigenvalue weighted by molar-refractivity contribution is 5.85. The summed E-state index contributed by atoms with van der Waals surface area (Å²) < 4.78 is 17.4. The van der Waals surface area contributed by atoms with Crippen LogP contribution in [-0.2, 0) is 16.0 Å². The summed E-state index contributed by atoms with van der Waals surface area (Å²) in [5.74, 6) is -0.720. The number of rotatable bonds is 3. The molecule has 0 heterocycles. The maximum absolute atomic E-state index is 12.9. The van der Waals surface area contributed by atoms with Crippen LogP contribution in [0.2, 0.25) is 0 Å². The van der Waals surface area contributed by atoms with Gasteiger partial charge in [-0.05, 0) is 30.5 Å². The number of aryl methyl sites for hydroxylation is 1.